The predicted octanol–water partition coefficient (Wildman–Crippen LogP) is 2.14. The van der Waals surface area contributed by atoms with Crippen LogP contribution in [0.1, 0.15) is 42.0 Å². The van der Waals surface area contributed by atoms with Gasteiger partial charge in [0.1, 0.15) is 0 Å². The van der Waals surface area contributed by atoms with Crippen LogP contribution in [0.5, 0.6) is 0 Å². The summed E-state index contributed by atoms with van der Waals surface area (Å²) in [5, 5.41) is 3.07. The first-order chi connectivity index (χ1) is 13.1. The number of piperazine rings is 1. The molecular formula is C21H33N3O3S. The molecule has 7 heteroatoms. The Kier molecular flexibility index (Phi) is 6.17. The molecule has 0 unspecified atom stereocenters. The van der Waals surface area contributed by atoms with Crippen LogP contribution in [0.3, 0.4) is 0 Å². The molecule has 1 saturated carbocycles. The number of carbonyl (C=O) groups is 1. The summed E-state index contributed by atoms with van der Waals surface area (Å²) in [6.45, 7) is 12.1. The van der Waals surface area contributed by atoms with Crippen molar-refractivity contribution in [1.82, 2.24) is 14.5 Å². The molecule has 28 heavy (non-hydrogen) atoms. The number of carbonyl (C=O) groups excluding carboxylic acids is 1. The molecule has 1 heterocycles. The Morgan fingerprint density at radius 3 is 2.11 bits per heavy atom. The van der Waals surface area contributed by atoms with Crippen LogP contribution in [0.2, 0.25) is 0 Å². The fraction of sp³-hybridized carbons (Fsp3) is 0.667. The number of aryl methyl sites for hydroxylation is 2. The number of nitrogens with one attached hydrogen (secondary N) is 1. The van der Waals surface area contributed by atoms with E-state index < -0.39 is 10.0 Å². The topological polar surface area (TPSA) is 69.7 Å². The Bertz CT molecular complexity index is 828. The van der Waals surface area contributed by atoms with Crippen molar-refractivity contribution in [2.75, 3.05) is 32.7 Å². The van der Waals surface area contributed by atoms with Crippen molar-refractivity contribution in [2.24, 2.45) is 5.92 Å². The zero-order valence-corrected chi connectivity index (χ0v) is 18.5. The van der Waals surface area contributed by atoms with Gasteiger partial charge >= 0.3 is 0 Å². The molecule has 1 aromatic carbocycles. The Balaban J connectivity index is 1.63. The minimum atomic E-state index is -3.54. The van der Waals surface area contributed by atoms with Gasteiger partial charge in [0.25, 0.3) is 0 Å². The molecule has 1 aromatic rings. The lowest BCUT2D eigenvalue weighted by atomic mass is 10.0. The summed E-state index contributed by atoms with van der Waals surface area (Å²) >= 11 is 0. The normalized spacial score (nSPS) is 20.2. The van der Waals surface area contributed by atoms with E-state index in [0.717, 1.165) is 22.3 Å². The smallest absolute Gasteiger partial charge is 0.243 e. The highest BCUT2D eigenvalue weighted by Gasteiger charge is 2.33. The number of benzene rings is 1. The molecule has 1 N–H and O–H groups in total. The second-order valence-electron chi connectivity index (χ2n) is 8.46. The Morgan fingerprint density at radius 2 is 1.61 bits per heavy atom. The predicted molar refractivity (Wildman–Crippen MR) is 111 cm³/mol. The third-order valence-corrected chi connectivity index (χ3v) is 8.48. The molecule has 0 bridgehead atoms. The zero-order chi connectivity index (χ0) is 20.6. The molecule has 0 spiro atoms. The number of hydrogen-bond acceptors (Lipinski definition) is 4. The van der Waals surface area contributed by atoms with Gasteiger partial charge in [0.05, 0.1) is 11.4 Å². The van der Waals surface area contributed by atoms with Gasteiger partial charge in [-0.1, -0.05) is 6.07 Å². The summed E-state index contributed by atoms with van der Waals surface area (Å²) in [4.78, 5) is 14.7. The lowest BCUT2D eigenvalue weighted by molar-refractivity contribution is -0.123. The van der Waals surface area contributed by atoms with E-state index in [0.29, 0.717) is 43.5 Å². The maximum atomic E-state index is 13.3. The van der Waals surface area contributed by atoms with Gasteiger partial charge in [-0.2, -0.15) is 4.31 Å². The molecule has 2 aliphatic rings. The summed E-state index contributed by atoms with van der Waals surface area (Å²) in [5.41, 5.74) is 3.67. The van der Waals surface area contributed by atoms with E-state index in [9.17, 15) is 13.2 Å². The zero-order valence-electron chi connectivity index (χ0n) is 17.7. The van der Waals surface area contributed by atoms with E-state index in [-0.39, 0.29) is 11.9 Å². The summed E-state index contributed by atoms with van der Waals surface area (Å²) in [5.74, 6) is 0.673. The summed E-state index contributed by atoms with van der Waals surface area (Å²) in [6, 6.07) is 2.28. The molecule has 1 atom stereocenters. The molecule has 0 radical (unpaired) electrons. The average Bonchev–Trinajstić information content (AvgIpc) is 3.45. The molecule has 6 nitrogen and oxygen atoms in total. The third-order valence-electron chi connectivity index (χ3n) is 6.31. The number of nitrogens with zero attached hydrogens (tertiary/aromatic N) is 2. The number of rotatable bonds is 6. The van der Waals surface area contributed by atoms with Gasteiger partial charge in [0.15, 0.2) is 0 Å². The molecule has 1 aliphatic carbocycles. The summed E-state index contributed by atoms with van der Waals surface area (Å²) < 4.78 is 28.2. The van der Waals surface area contributed by atoms with E-state index in [4.69, 9.17) is 0 Å². The van der Waals surface area contributed by atoms with Crippen molar-refractivity contribution in [2.45, 2.75) is 58.4 Å². The van der Waals surface area contributed by atoms with Gasteiger partial charge in [-0.25, -0.2) is 8.42 Å². The summed E-state index contributed by atoms with van der Waals surface area (Å²) in [6.07, 6.45) is 2.41. The van der Waals surface area contributed by atoms with Gasteiger partial charge in [0, 0.05) is 32.2 Å². The molecule has 1 aliphatic heterocycles. The maximum absolute atomic E-state index is 13.3. The fourth-order valence-electron chi connectivity index (χ4n) is 4.04. The quantitative estimate of drug-likeness (QED) is 0.784. The van der Waals surface area contributed by atoms with Crippen LogP contribution in [-0.2, 0) is 14.8 Å². The Morgan fingerprint density at radius 1 is 1.07 bits per heavy atom. The lowest BCUT2D eigenvalue weighted by Crippen LogP contribution is -2.51. The van der Waals surface area contributed by atoms with Crippen LogP contribution in [0.4, 0.5) is 0 Å². The molecule has 1 saturated heterocycles. The second kappa shape index (κ2) is 8.13. The maximum Gasteiger partial charge on any atom is 0.243 e. The molecule has 3 rings (SSSR count). The van der Waals surface area contributed by atoms with Gasteiger partial charge in [-0.05, 0) is 75.6 Å². The lowest BCUT2D eigenvalue weighted by Gasteiger charge is -2.34. The largest absolute Gasteiger partial charge is 0.352 e. The first-order valence-electron chi connectivity index (χ1n) is 10.2. The monoisotopic (exact) mass is 407 g/mol. The van der Waals surface area contributed by atoms with E-state index in [1.807, 2.05) is 38.7 Å². The molecular weight excluding hydrogens is 374 g/mol. The van der Waals surface area contributed by atoms with Gasteiger partial charge in [0.2, 0.25) is 15.9 Å². The van der Waals surface area contributed by atoms with Crippen molar-refractivity contribution in [3.63, 3.8) is 0 Å². The van der Waals surface area contributed by atoms with Crippen LogP contribution in [0.15, 0.2) is 11.0 Å². The highest BCUT2D eigenvalue weighted by Crippen LogP contribution is 2.32. The minimum absolute atomic E-state index is 0.0386. The van der Waals surface area contributed by atoms with Crippen molar-refractivity contribution < 1.29 is 13.2 Å². The van der Waals surface area contributed by atoms with Crippen LogP contribution in [-0.4, -0.2) is 62.3 Å². The van der Waals surface area contributed by atoms with E-state index >= 15 is 0 Å². The minimum Gasteiger partial charge on any atom is -0.352 e. The van der Waals surface area contributed by atoms with Crippen LogP contribution in [0.25, 0.3) is 0 Å². The van der Waals surface area contributed by atoms with Crippen molar-refractivity contribution in [3.8, 4) is 0 Å². The van der Waals surface area contributed by atoms with E-state index in [1.165, 1.54) is 12.8 Å². The standard InChI is InChI=1S/C21H33N3O3S/c1-14-12-15(2)17(4)21(16(14)3)28(26,27)24-10-8-23(9-11-24)13-20(25)22-18(5)19-6-7-19/h12,18-19H,6-11,13H2,1-5H3,(H,22,25)/t18-/m1/s1. The van der Waals surface area contributed by atoms with E-state index in [1.54, 1.807) is 4.31 Å². The SMILES string of the molecule is Cc1cc(C)c(C)c(S(=O)(=O)N2CCN(CC(=O)N[C@H](C)C3CC3)CC2)c1C. The highest BCUT2D eigenvalue weighted by atomic mass is 32.2. The number of sulfonamides is 1. The molecule has 156 valence electrons. The molecule has 2 fully saturated rings. The van der Waals surface area contributed by atoms with Crippen LogP contribution >= 0.6 is 0 Å². The molecule has 1 amide bonds. The highest BCUT2D eigenvalue weighted by molar-refractivity contribution is 7.89. The van der Waals surface area contributed by atoms with Gasteiger partial charge in [-0.3, -0.25) is 9.69 Å². The van der Waals surface area contributed by atoms with Crippen LogP contribution < -0.4 is 5.32 Å². The van der Waals surface area contributed by atoms with Gasteiger partial charge < -0.3 is 5.32 Å². The van der Waals surface area contributed by atoms with Crippen molar-refractivity contribution in [1.29, 1.82) is 0 Å². The molecule has 0 aromatic heterocycles. The van der Waals surface area contributed by atoms with Crippen molar-refractivity contribution in [3.05, 3.63) is 28.3 Å². The number of hydrogen-bond donors (Lipinski definition) is 1. The summed E-state index contributed by atoms with van der Waals surface area (Å²) in [7, 11) is -3.54. The Hall–Kier alpha value is -1.44. The fourth-order valence-corrected chi connectivity index (χ4v) is 6.04. The third kappa shape index (κ3) is 4.42. The first-order valence-corrected chi connectivity index (χ1v) is 11.6. The van der Waals surface area contributed by atoms with Crippen molar-refractivity contribution >= 4 is 15.9 Å². The van der Waals surface area contributed by atoms with E-state index in [2.05, 4.69) is 12.2 Å². The average molecular weight is 408 g/mol. The second-order valence-corrected chi connectivity index (χ2v) is 10.3. The Labute approximate surface area is 169 Å². The van der Waals surface area contributed by atoms with Crippen LogP contribution in [0, 0.1) is 33.6 Å². The van der Waals surface area contributed by atoms with Gasteiger partial charge in [-0.15, -0.1) is 0 Å². The first kappa shape index (κ1) is 21.3. The number of amides is 1.